The predicted molar refractivity (Wildman–Crippen MR) is 164 cm³/mol. The number of fused-ring (bicyclic) bond motifs is 2. The summed E-state index contributed by atoms with van der Waals surface area (Å²) >= 11 is 6.42. The first kappa shape index (κ1) is 30.7. The summed E-state index contributed by atoms with van der Waals surface area (Å²) in [6, 6.07) is 9.12. The largest absolute Gasteiger partial charge is 0.482 e. The molecule has 4 aromatic rings. The topological polar surface area (TPSA) is 110 Å². The van der Waals surface area contributed by atoms with Gasteiger partial charge < -0.3 is 25.1 Å². The van der Waals surface area contributed by atoms with Crippen LogP contribution in [0.1, 0.15) is 52.6 Å². The molecule has 0 bridgehead atoms. The van der Waals surface area contributed by atoms with E-state index in [1.165, 1.54) is 13.2 Å². The standard InChI is InChI=1S/C33H30ClF2N3O5/c1-5-43-32(42)27(13-20-16-38-28-23(20)14-21(35)15-26(28)36)39-31(41)24-11-19(10-18-8-9-33(2,3)44-29(18)24)17-6-7-22(25(34)12-17)30(40)37-4/h6-12,14-16,27,38H,5,13H2,1-4H3,(H,37,40)(H,39,41). The molecule has 2 heterocycles. The molecule has 11 heteroatoms. The van der Waals surface area contributed by atoms with Crippen molar-refractivity contribution in [3.63, 3.8) is 0 Å². The van der Waals surface area contributed by atoms with E-state index < -0.39 is 35.2 Å². The number of ether oxygens (including phenoxy) is 2. The lowest BCUT2D eigenvalue weighted by atomic mass is 9.93. The van der Waals surface area contributed by atoms with Gasteiger partial charge in [0.2, 0.25) is 0 Å². The van der Waals surface area contributed by atoms with E-state index in [4.69, 9.17) is 21.1 Å². The van der Waals surface area contributed by atoms with Crippen molar-refractivity contribution in [2.24, 2.45) is 0 Å². The number of esters is 1. The van der Waals surface area contributed by atoms with Gasteiger partial charge in [-0.3, -0.25) is 9.59 Å². The monoisotopic (exact) mass is 621 g/mol. The smallest absolute Gasteiger partial charge is 0.328 e. The Morgan fingerprint density at radius 1 is 1.05 bits per heavy atom. The van der Waals surface area contributed by atoms with Crippen LogP contribution in [-0.2, 0) is 16.0 Å². The minimum Gasteiger partial charge on any atom is -0.482 e. The number of hydrogen-bond donors (Lipinski definition) is 3. The average Bonchev–Trinajstić information content (AvgIpc) is 3.38. The minimum atomic E-state index is -1.19. The number of carbonyl (C=O) groups excluding carboxylic acids is 3. The van der Waals surface area contributed by atoms with Crippen LogP contribution in [0, 0.1) is 11.6 Å². The summed E-state index contributed by atoms with van der Waals surface area (Å²) in [7, 11) is 1.51. The molecule has 44 heavy (non-hydrogen) atoms. The van der Waals surface area contributed by atoms with Crippen LogP contribution in [0.5, 0.6) is 5.75 Å². The zero-order chi connectivity index (χ0) is 31.8. The Labute approximate surface area is 257 Å². The van der Waals surface area contributed by atoms with Crippen molar-refractivity contribution in [1.82, 2.24) is 15.6 Å². The van der Waals surface area contributed by atoms with Crippen LogP contribution >= 0.6 is 11.6 Å². The molecule has 0 saturated heterocycles. The van der Waals surface area contributed by atoms with Gasteiger partial charge in [0.05, 0.1) is 28.3 Å². The maximum atomic E-state index is 14.3. The molecular formula is C33H30ClF2N3O5. The third-order valence-electron chi connectivity index (χ3n) is 7.26. The maximum Gasteiger partial charge on any atom is 0.328 e. The number of aromatic nitrogens is 1. The Hall–Kier alpha value is -4.70. The molecule has 1 atom stereocenters. The van der Waals surface area contributed by atoms with E-state index in [0.29, 0.717) is 33.6 Å². The number of benzene rings is 3. The molecule has 0 saturated carbocycles. The molecule has 0 spiro atoms. The van der Waals surface area contributed by atoms with Crippen LogP contribution in [0.15, 0.2) is 54.7 Å². The number of rotatable bonds is 8. The highest BCUT2D eigenvalue weighted by Crippen LogP contribution is 2.38. The molecule has 1 aliphatic heterocycles. The van der Waals surface area contributed by atoms with Crippen LogP contribution in [0.3, 0.4) is 0 Å². The SMILES string of the molecule is CCOC(=O)C(Cc1c[nH]c2c(F)cc(F)cc12)NC(=O)c1cc(-c2ccc(C(=O)NC)c(Cl)c2)cc2c1OC(C)(C)C=C2. The molecule has 0 fully saturated rings. The van der Waals surface area contributed by atoms with Gasteiger partial charge in [-0.1, -0.05) is 23.7 Å². The molecule has 1 aromatic heterocycles. The molecule has 8 nitrogen and oxygen atoms in total. The summed E-state index contributed by atoms with van der Waals surface area (Å²) in [4.78, 5) is 41.9. The first-order valence-corrected chi connectivity index (χ1v) is 14.3. The second-order valence-electron chi connectivity index (χ2n) is 10.9. The lowest BCUT2D eigenvalue weighted by molar-refractivity contribution is -0.145. The van der Waals surface area contributed by atoms with Crippen LogP contribution in [-0.4, -0.2) is 48.1 Å². The van der Waals surface area contributed by atoms with Crippen LogP contribution in [0.4, 0.5) is 8.78 Å². The van der Waals surface area contributed by atoms with Crippen molar-refractivity contribution in [2.45, 2.75) is 38.8 Å². The highest BCUT2D eigenvalue weighted by Gasteiger charge is 2.30. The van der Waals surface area contributed by atoms with Gasteiger partial charge in [0, 0.05) is 36.7 Å². The molecule has 3 N–H and O–H groups in total. The molecular weight excluding hydrogens is 592 g/mol. The number of nitrogens with one attached hydrogen (secondary N) is 3. The fourth-order valence-electron chi connectivity index (χ4n) is 5.10. The van der Waals surface area contributed by atoms with E-state index in [0.717, 1.165) is 12.1 Å². The van der Waals surface area contributed by atoms with Crippen LogP contribution in [0.2, 0.25) is 5.02 Å². The van der Waals surface area contributed by atoms with Gasteiger partial charge in [0.25, 0.3) is 11.8 Å². The highest BCUT2D eigenvalue weighted by molar-refractivity contribution is 6.34. The number of aromatic amines is 1. The fraction of sp³-hybridized carbons (Fsp3) is 0.242. The predicted octanol–water partition coefficient (Wildman–Crippen LogP) is 6.21. The Morgan fingerprint density at radius 2 is 1.82 bits per heavy atom. The highest BCUT2D eigenvalue weighted by atomic mass is 35.5. The molecule has 1 aliphatic rings. The van der Waals surface area contributed by atoms with Crippen LogP contribution < -0.4 is 15.4 Å². The lowest BCUT2D eigenvalue weighted by Crippen LogP contribution is -2.43. The molecule has 0 aliphatic carbocycles. The fourth-order valence-corrected chi connectivity index (χ4v) is 5.36. The van der Waals surface area contributed by atoms with Crippen molar-refractivity contribution >= 4 is 46.4 Å². The molecule has 0 radical (unpaired) electrons. The Bertz CT molecular complexity index is 1830. The molecule has 5 rings (SSSR count). The van der Waals surface area contributed by atoms with Crippen molar-refractivity contribution in [2.75, 3.05) is 13.7 Å². The summed E-state index contributed by atoms with van der Waals surface area (Å²) < 4.78 is 39.8. The number of H-pyrrole nitrogens is 1. The van der Waals surface area contributed by atoms with E-state index in [-0.39, 0.29) is 40.4 Å². The summed E-state index contributed by atoms with van der Waals surface area (Å²) in [6.45, 7) is 5.38. The van der Waals surface area contributed by atoms with Crippen molar-refractivity contribution < 1.29 is 32.6 Å². The number of carbonyl (C=O) groups is 3. The van der Waals surface area contributed by atoms with E-state index in [2.05, 4.69) is 15.6 Å². The van der Waals surface area contributed by atoms with Crippen LogP contribution in [0.25, 0.3) is 28.1 Å². The molecule has 228 valence electrons. The molecule has 2 amide bonds. The van der Waals surface area contributed by atoms with Gasteiger partial charge in [-0.2, -0.15) is 0 Å². The number of hydrogen-bond acceptors (Lipinski definition) is 5. The van der Waals surface area contributed by atoms with Gasteiger partial charge in [-0.05, 0) is 73.9 Å². The second kappa shape index (κ2) is 12.1. The Morgan fingerprint density at radius 3 is 2.52 bits per heavy atom. The summed E-state index contributed by atoms with van der Waals surface area (Å²) in [6.07, 6.45) is 5.07. The lowest BCUT2D eigenvalue weighted by Gasteiger charge is -2.30. The maximum absolute atomic E-state index is 14.3. The van der Waals surface area contributed by atoms with Gasteiger partial charge >= 0.3 is 5.97 Å². The van der Waals surface area contributed by atoms with Crippen molar-refractivity contribution in [3.05, 3.63) is 93.6 Å². The van der Waals surface area contributed by atoms with E-state index in [9.17, 15) is 23.2 Å². The minimum absolute atomic E-state index is 0.0577. The third kappa shape index (κ3) is 6.16. The van der Waals surface area contributed by atoms with E-state index >= 15 is 0 Å². The quantitative estimate of drug-likeness (QED) is 0.203. The van der Waals surface area contributed by atoms with E-state index in [1.807, 2.05) is 32.1 Å². The van der Waals surface area contributed by atoms with Gasteiger partial charge in [0.1, 0.15) is 29.0 Å². The zero-order valence-electron chi connectivity index (χ0n) is 24.4. The molecule has 3 aromatic carbocycles. The summed E-state index contributed by atoms with van der Waals surface area (Å²) in [5.74, 6) is -2.91. The molecule has 1 unspecified atom stereocenters. The Kier molecular flexibility index (Phi) is 8.47. The van der Waals surface area contributed by atoms with Crippen molar-refractivity contribution in [1.29, 1.82) is 0 Å². The summed E-state index contributed by atoms with van der Waals surface area (Å²) in [5.41, 5.74) is 2.10. The third-order valence-corrected chi connectivity index (χ3v) is 7.57. The average molecular weight is 622 g/mol. The number of amides is 2. The first-order valence-electron chi connectivity index (χ1n) is 13.9. The Balaban J connectivity index is 1.54. The zero-order valence-corrected chi connectivity index (χ0v) is 25.2. The first-order chi connectivity index (χ1) is 20.9. The summed E-state index contributed by atoms with van der Waals surface area (Å²) in [5, 5.41) is 5.77. The normalized spacial score (nSPS) is 14.0. The van der Waals surface area contributed by atoms with Crippen molar-refractivity contribution in [3.8, 4) is 16.9 Å². The van der Waals surface area contributed by atoms with Gasteiger partial charge in [-0.25, -0.2) is 13.6 Å². The van der Waals surface area contributed by atoms with Gasteiger partial charge in [-0.15, -0.1) is 0 Å². The number of halogens is 3. The van der Waals surface area contributed by atoms with Gasteiger partial charge in [0.15, 0.2) is 0 Å². The second-order valence-corrected chi connectivity index (χ2v) is 11.3. The van der Waals surface area contributed by atoms with E-state index in [1.54, 1.807) is 31.2 Å².